The molecule has 0 unspecified atom stereocenters. The quantitative estimate of drug-likeness (QED) is 0.483. The summed E-state index contributed by atoms with van der Waals surface area (Å²) in [4.78, 5) is 14.8. The molecule has 3 rings (SSSR count). The summed E-state index contributed by atoms with van der Waals surface area (Å²) in [5.74, 6) is -2.33. The maximum absolute atomic E-state index is 13.2. The molecule has 1 aliphatic carbocycles. The number of amides is 1. The molecular weight excluding hydrogens is 566 g/mol. The molecule has 8 nitrogen and oxygen atoms in total. The molecule has 0 radical (unpaired) electrons. The fourth-order valence-electron chi connectivity index (χ4n) is 3.97. The third-order valence-electron chi connectivity index (χ3n) is 6.29. The van der Waals surface area contributed by atoms with Crippen LogP contribution in [0.5, 0.6) is 5.75 Å². The molecule has 16 heteroatoms. The Bertz CT molecular complexity index is 1450. The Balaban J connectivity index is 1.75. The second kappa shape index (κ2) is 9.70. The SMILES string of the molecule is CC(C)([C@H]1C[C@H](NC(=O)c2ncc(C(F)(F)F)cc2S(C)(=O)=O)C1)S(=O)(=O)c1cccc(OC(F)(F)F)c1. The van der Waals surface area contributed by atoms with Gasteiger partial charge in [0.05, 0.1) is 20.1 Å². The highest BCUT2D eigenvalue weighted by Gasteiger charge is 2.49. The summed E-state index contributed by atoms with van der Waals surface area (Å²) in [7, 11) is -8.45. The Morgan fingerprint density at radius 1 is 1.03 bits per heavy atom. The lowest BCUT2D eigenvalue weighted by Gasteiger charge is -2.44. The zero-order valence-corrected chi connectivity index (χ0v) is 21.6. The molecule has 0 bridgehead atoms. The molecule has 1 saturated carbocycles. The van der Waals surface area contributed by atoms with Crippen molar-refractivity contribution in [2.75, 3.05) is 6.26 Å². The first-order chi connectivity index (χ1) is 17.1. The Hall–Kier alpha value is -2.88. The van der Waals surface area contributed by atoms with Crippen molar-refractivity contribution in [2.24, 2.45) is 5.92 Å². The second-order valence-electron chi connectivity index (χ2n) is 9.31. The molecule has 1 aromatic heterocycles. The van der Waals surface area contributed by atoms with Crippen LogP contribution in [0.25, 0.3) is 0 Å². The summed E-state index contributed by atoms with van der Waals surface area (Å²) in [5.41, 5.74) is -2.09. The number of carbonyl (C=O) groups is 1. The van der Waals surface area contributed by atoms with Gasteiger partial charge in [0, 0.05) is 18.5 Å². The predicted octanol–water partition coefficient (Wildman–Crippen LogP) is 4.16. The van der Waals surface area contributed by atoms with E-state index < -0.39 is 81.6 Å². The zero-order valence-electron chi connectivity index (χ0n) is 20.0. The van der Waals surface area contributed by atoms with Crippen molar-refractivity contribution in [1.82, 2.24) is 10.3 Å². The molecule has 1 heterocycles. The molecule has 1 aromatic carbocycles. The maximum Gasteiger partial charge on any atom is 0.573 e. The van der Waals surface area contributed by atoms with E-state index in [0.29, 0.717) is 18.5 Å². The van der Waals surface area contributed by atoms with E-state index in [9.17, 15) is 48.0 Å². The number of hydrogen-bond acceptors (Lipinski definition) is 7. The van der Waals surface area contributed by atoms with E-state index in [1.165, 1.54) is 13.8 Å². The zero-order chi connectivity index (χ0) is 28.9. The number of nitrogens with zero attached hydrogens (tertiary/aromatic N) is 1. The van der Waals surface area contributed by atoms with Gasteiger partial charge in [-0.2, -0.15) is 13.2 Å². The number of nitrogens with one attached hydrogen (secondary N) is 1. The van der Waals surface area contributed by atoms with Crippen LogP contribution in [0.2, 0.25) is 0 Å². The van der Waals surface area contributed by atoms with Crippen LogP contribution in [0, 0.1) is 5.92 Å². The fraction of sp³-hybridized carbons (Fsp3) is 0.455. The van der Waals surface area contributed by atoms with Crippen molar-refractivity contribution in [1.29, 1.82) is 0 Å². The van der Waals surface area contributed by atoms with Gasteiger partial charge in [0.25, 0.3) is 5.91 Å². The van der Waals surface area contributed by atoms with Crippen molar-refractivity contribution in [3.8, 4) is 5.75 Å². The summed E-state index contributed by atoms with van der Waals surface area (Å²) in [6, 6.07) is 3.59. The first kappa shape index (κ1) is 29.7. The number of benzene rings is 1. The lowest BCUT2D eigenvalue weighted by Crippen LogP contribution is -2.53. The highest BCUT2D eigenvalue weighted by molar-refractivity contribution is 7.92. The summed E-state index contributed by atoms with van der Waals surface area (Å²) < 4.78 is 129. The minimum Gasteiger partial charge on any atom is -0.406 e. The molecule has 1 fully saturated rings. The van der Waals surface area contributed by atoms with Gasteiger partial charge in [-0.25, -0.2) is 21.8 Å². The van der Waals surface area contributed by atoms with Gasteiger partial charge in [-0.3, -0.25) is 4.79 Å². The molecule has 0 spiro atoms. The van der Waals surface area contributed by atoms with Gasteiger partial charge in [0.15, 0.2) is 19.7 Å². The van der Waals surface area contributed by atoms with Gasteiger partial charge in [0.1, 0.15) is 11.4 Å². The fourth-order valence-corrected chi connectivity index (χ4v) is 6.58. The summed E-state index contributed by atoms with van der Waals surface area (Å²) in [6.45, 7) is 2.75. The minimum atomic E-state index is -5.02. The van der Waals surface area contributed by atoms with Crippen molar-refractivity contribution in [3.63, 3.8) is 0 Å². The van der Waals surface area contributed by atoms with Gasteiger partial charge in [-0.05, 0) is 56.9 Å². The van der Waals surface area contributed by atoms with Crippen molar-refractivity contribution in [3.05, 3.63) is 47.8 Å². The molecular formula is C22H22F6N2O6S2. The molecule has 1 N–H and O–H groups in total. The van der Waals surface area contributed by atoms with Crippen LogP contribution in [0.15, 0.2) is 46.3 Å². The third-order valence-corrected chi connectivity index (χ3v) is 10.00. The van der Waals surface area contributed by atoms with Crippen LogP contribution in [0.4, 0.5) is 26.3 Å². The average Bonchev–Trinajstić information content (AvgIpc) is 2.72. The summed E-state index contributed by atoms with van der Waals surface area (Å²) in [5, 5.41) is 2.44. The number of aromatic nitrogens is 1. The van der Waals surface area contributed by atoms with Gasteiger partial charge in [-0.1, -0.05) is 6.07 Å². The normalized spacial score (nSPS) is 19.0. The number of pyridine rings is 1. The largest absolute Gasteiger partial charge is 0.573 e. The maximum atomic E-state index is 13.2. The van der Waals surface area contributed by atoms with Gasteiger partial charge >= 0.3 is 12.5 Å². The van der Waals surface area contributed by atoms with Crippen molar-refractivity contribution < 1.29 is 52.7 Å². The summed E-state index contributed by atoms with van der Waals surface area (Å²) in [6.07, 6.45) is -8.77. The second-order valence-corrected chi connectivity index (χ2v) is 13.8. The van der Waals surface area contributed by atoms with Crippen molar-refractivity contribution >= 4 is 25.6 Å². The number of rotatable bonds is 7. The van der Waals surface area contributed by atoms with Crippen LogP contribution in [0.3, 0.4) is 0 Å². The first-order valence-electron chi connectivity index (χ1n) is 10.8. The Morgan fingerprint density at radius 3 is 2.16 bits per heavy atom. The highest BCUT2D eigenvalue weighted by Crippen LogP contribution is 2.44. The molecule has 38 heavy (non-hydrogen) atoms. The van der Waals surface area contributed by atoms with E-state index in [1.807, 2.05) is 0 Å². The molecule has 0 aliphatic heterocycles. The monoisotopic (exact) mass is 588 g/mol. The standard InChI is InChI=1S/C22H22F6N2O6S2/c1-20(2,38(34,35)16-6-4-5-15(10-16)36-22(26,27)28)12-7-14(8-12)30-19(31)18-17(37(3,32)33)9-13(11-29-18)21(23,24)25/h4-6,9-12,14H,7-8H2,1-3H3,(H,30,31)/t12-,14-. The first-order valence-corrected chi connectivity index (χ1v) is 14.2. The van der Waals surface area contributed by atoms with Crippen molar-refractivity contribution in [2.45, 2.75) is 59.8 Å². The predicted molar refractivity (Wildman–Crippen MR) is 121 cm³/mol. The van der Waals surface area contributed by atoms with Gasteiger partial charge in [0.2, 0.25) is 0 Å². The van der Waals surface area contributed by atoms with Gasteiger partial charge < -0.3 is 10.1 Å². The molecule has 0 saturated heterocycles. The van der Waals surface area contributed by atoms with E-state index in [0.717, 1.165) is 24.3 Å². The number of sulfone groups is 2. The average molecular weight is 589 g/mol. The minimum absolute atomic E-state index is 0.0888. The molecule has 1 amide bonds. The Labute approximate surface area is 214 Å². The van der Waals surface area contributed by atoms with E-state index in [4.69, 9.17) is 0 Å². The number of carbonyl (C=O) groups excluding carboxylic acids is 1. The smallest absolute Gasteiger partial charge is 0.406 e. The van der Waals surface area contributed by atoms with Crippen LogP contribution >= 0.6 is 0 Å². The Kier molecular flexibility index (Phi) is 7.57. The molecule has 1 aliphatic rings. The Morgan fingerprint density at radius 2 is 1.63 bits per heavy atom. The number of hydrogen-bond donors (Lipinski definition) is 1. The molecule has 0 atom stereocenters. The van der Waals surface area contributed by atoms with E-state index in [1.54, 1.807) is 0 Å². The van der Waals surface area contributed by atoms with Crippen LogP contribution in [0.1, 0.15) is 42.7 Å². The number of halogens is 6. The lowest BCUT2D eigenvalue weighted by atomic mass is 9.73. The van der Waals surface area contributed by atoms with E-state index in [-0.39, 0.29) is 12.8 Å². The number of ether oxygens (including phenoxy) is 1. The van der Waals surface area contributed by atoms with Crippen LogP contribution < -0.4 is 10.1 Å². The third kappa shape index (κ3) is 6.22. The number of alkyl halides is 6. The van der Waals surface area contributed by atoms with Crippen LogP contribution in [-0.4, -0.2) is 51.1 Å². The lowest BCUT2D eigenvalue weighted by molar-refractivity contribution is -0.274. The van der Waals surface area contributed by atoms with E-state index in [2.05, 4.69) is 15.0 Å². The molecule has 210 valence electrons. The van der Waals surface area contributed by atoms with Gasteiger partial charge in [-0.15, -0.1) is 13.2 Å². The van der Waals surface area contributed by atoms with Crippen LogP contribution in [-0.2, 0) is 25.9 Å². The highest BCUT2D eigenvalue weighted by atomic mass is 32.2. The topological polar surface area (TPSA) is 119 Å². The summed E-state index contributed by atoms with van der Waals surface area (Å²) >= 11 is 0. The molecule has 2 aromatic rings. The van der Waals surface area contributed by atoms with E-state index >= 15 is 0 Å².